The van der Waals surface area contributed by atoms with Gasteiger partial charge in [-0.05, 0) is 26.7 Å². The second-order valence-corrected chi connectivity index (χ2v) is 4.96. The van der Waals surface area contributed by atoms with E-state index in [0.29, 0.717) is 52.2 Å². The Kier molecular flexibility index (Phi) is 3.90. The van der Waals surface area contributed by atoms with Gasteiger partial charge in [-0.1, -0.05) is 0 Å². The summed E-state index contributed by atoms with van der Waals surface area (Å²) in [4.78, 5) is 28.5. The Morgan fingerprint density at radius 2 is 1.72 bits per heavy atom. The molecule has 0 unspecified atom stereocenters. The second kappa shape index (κ2) is 5.26. The molecular weight excluding hydrogens is 232 g/mol. The average Bonchev–Trinajstić information content (AvgIpc) is 3.21. The van der Waals surface area contributed by atoms with E-state index in [1.165, 1.54) is 0 Å². The lowest BCUT2D eigenvalue weighted by molar-refractivity contribution is -0.151. The molecule has 0 spiro atoms. The highest BCUT2D eigenvalue weighted by Crippen LogP contribution is 2.48. The van der Waals surface area contributed by atoms with Crippen molar-refractivity contribution < 1.29 is 14.3 Å². The average molecular weight is 254 g/mol. The molecule has 1 aliphatic heterocycles. The maximum absolute atomic E-state index is 12.5. The van der Waals surface area contributed by atoms with Gasteiger partial charge >= 0.3 is 0 Å². The third-order valence-electron chi connectivity index (χ3n) is 3.92. The number of carbonyl (C=O) groups is 2. The zero-order valence-corrected chi connectivity index (χ0v) is 11.3. The lowest BCUT2D eigenvalue weighted by Crippen LogP contribution is -2.50. The summed E-state index contributed by atoms with van der Waals surface area (Å²) >= 11 is 0. The van der Waals surface area contributed by atoms with Crippen LogP contribution in [0.3, 0.4) is 0 Å². The number of ether oxygens (including phenoxy) is 1. The van der Waals surface area contributed by atoms with Crippen molar-refractivity contribution in [1.29, 1.82) is 0 Å². The minimum Gasteiger partial charge on any atom is -0.378 e. The predicted octanol–water partition coefficient (Wildman–Crippen LogP) is 0.494. The predicted molar refractivity (Wildman–Crippen MR) is 67.0 cm³/mol. The van der Waals surface area contributed by atoms with Crippen molar-refractivity contribution in [1.82, 2.24) is 9.80 Å². The SMILES string of the molecule is CCN(CC)C(=O)C1(C(=O)N2CCOCC2)CC1. The molecule has 1 saturated heterocycles. The van der Waals surface area contributed by atoms with E-state index < -0.39 is 5.41 Å². The van der Waals surface area contributed by atoms with Crippen LogP contribution in [0.1, 0.15) is 26.7 Å². The molecule has 5 heteroatoms. The normalized spacial score (nSPS) is 21.6. The summed E-state index contributed by atoms with van der Waals surface area (Å²) in [6.45, 7) is 7.66. The van der Waals surface area contributed by atoms with Gasteiger partial charge in [-0.15, -0.1) is 0 Å². The summed E-state index contributed by atoms with van der Waals surface area (Å²) in [5.74, 6) is 0.0340. The Hall–Kier alpha value is -1.10. The molecule has 2 amide bonds. The standard InChI is InChI=1S/C13H22N2O3/c1-3-14(4-2)11(16)13(5-6-13)12(17)15-7-9-18-10-8-15/h3-10H2,1-2H3. The first-order valence-corrected chi connectivity index (χ1v) is 6.82. The van der Waals surface area contributed by atoms with Crippen LogP contribution in [0.15, 0.2) is 0 Å². The van der Waals surface area contributed by atoms with Crippen LogP contribution in [0.4, 0.5) is 0 Å². The van der Waals surface area contributed by atoms with Crippen LogP contribution in [0.25, 0.3) is 0 Å². The molecule has 2 fully saturated rings. The number of amides is 2. The molecule has 2 aliphatic rings. The van der Waals surface area contributed by atoms with Crippen molar-refractivity contribution in [3.05, 3.63) is 0 Å². The molecule has 102 valence electrons. The van der Waals surface area contributed by atoms with Gasteiger partial charge in [0.15, 0.2) is 0 Å². The number of hydrogen-bond donors (Lipinski definition) is 0. The highest BCUT2D eigenvalue weighted by atomic mass is 16.5. The third kappa shape index (κ3) is 2.23. The minimum absolute atomic E-state index is 0.0164. The van der Waals surface area contributed by atoms with Gasteiger partial charge < -0.3 is 14.5 Å². The van der Waals surface area contributed by atoms with Crippen molar-refractivity contribution in [2.45, 2.75) is 26.7 Å². The van der Waals surface area contributed by atoms with Crippen molar-refractivity contribution in [2.75, 3.05) is 39.4 Å². The molecule has 1 aliphatic carbocycles. The van der Waals surface area contributed by atoms with Crippen molar-refractivity contribution >= 4 is 11.8 Å². The summed E-state index contributed by atoms with van der Waals surface area (Å²) in [5.41, 5.74) is -0.733. The first-order chi connectivity index (χ1) is 8.65. The van der Waals surface area contributed by atoms with E-state index in [2.05, 4.69) is 0 Å². The van der Waals surface area contributed by atoms with Gasteiger partial charge in [-0.3, -0.25) is 9.59 Å². The van der Waals surface area contributed by atoms with E-state index in [0.717, 1.165) is 0 Å². The van der Waals surface area contributed by atoms with E-state index in [-0.39, 0.29) is 11.8 Å². The first kappa shape index (κ1) is 13.3. The van der Waals surface area contributed by atoms with Crippen molar-refractivity contribution in [3.63, 3.8) is 0 Å². The van der Waals surface area contributed by atoms with Crippen molar-refractivity contribution in [3.8, 4) is 0 Å². The lowest BCUT2D eigenvalue weighted by atomic mass is 10.0. The Labute approximate surface area is 108 Å². The summed E-state index contributed by atoms with van der Waals surface area (Å²) in [6, 6.07) is 0. The largest absolute Gasteiger partial charge is 0.378 e. The fourth-order valence-electron chi connectivity index (χ4n) is 2.53. The Morgan fingerprint density at radius 1 is 1.17 bits per heavy atom. The van der Waals surface area contributed by atoms with Crippen LogP contribution >= 0.6 is 0 Å². The van der Waals surface area contributed by atoms with Crippen LogP contribution in [0, 0.1) is 5.41 Å². The first-order valence-electron chi connectivity index (χ1n) is 6.82. The summed E-state index contributed by atoms with van der Waals surface area (Å²) < 4.78 is 5.24. The van der Waals surface area contributed by atoms with Gasteiger partial charge in [0.05, 0.1) is 13.2 Å². The van der Waals surface area contributed by atoms with Crippen LogP contribution in [-0.2, 0) is 14.3 Å². The second-order valence-electron chi connectivity index (χ2n) is 4.96. The monoisotopic (exact) mass is 254 g/mol. The molecule has 0 aromatic heterocycles. The highest BCUT2D eigenvalue weighted by molar-refractivity contribution is 6.07. The zero-order valence-electron chi connectivity index (χ0n) is 11.3. The van der Waals surface area contributed by atoms with Gasteiger partial charge in [-0.25, -0.2) is 0 Å². The molecule has 0 aromatic rings. The number of nitrogens with zero attached hydrogens (tertiary/aromatic N) is 2. The van der Waals surface area contributed by atoms with E-state index >= 15 is 0 Å². The van der Waals surface area contributed by atoms with Gasteiger partial charge in [-0.2, -0.15) is 0 Å². The van der Waals surface area contributed by atoms with Crippen LogP contribution in [0.5, 0.6) is 0 Å². The van der Waals surface area contributed by atoms with E-state index in [1.807, 2.05) is 13.8 Å². The number of morpholine rings is 1. The fourth-order valence-corrected chi connectivity index (χ4v) is 2.53. The minimum atomic E-state index is -0.733. The maximum atomic E-state index is 12.5. The molecule has 1 saturated carbocycles. The Bertz CT molecular complexity index is 329. The van der Waals surface area contributed by atoms with E-state index in [4.69, 9.17) is 4.74 Å². The van der Waals surface area contributed by atoms with Crippen LogP contribution < -0.4 is 0 Å². The Balaban J connectivity index is 2.06. The van der Waals surface area contributed by atoms with Crippen molar-refractivity contribution in [2.24, 2.45) is 5.41 Å². The Morgan fingerprint density at radius 3 is 2.17 bits per heavy atom. The molecule has 0 atom stereocenters. The fraction of sp³-hybridized carbons (Fsp3) is 0.846. The summed E-state index contributed by atoms with van der Waals surface area (Å²) in [5, 5.41) is 0. The molecular formula is C13H22N2O3. The molecule has 0 aromatic carbocycles. The van der Waals surface area contributed by atoms with Crippen LogP contribution in [-0.4, -0.2) is 61.0 Å². The zero-order chi connectivity index (χ0) is 13.2. The maximum Gasteiger partial charge on any atom is 0.238 e. The topological polar surface area (TPSA) is 49.9 Å². The molecule has 18 heavy (non-hydrogen) atoms. The van der Waals surface area contributed by atoms with Gasteiger partial charge in [0, 0.05) is 26.2 Å². The van der Waals surface area contributed by atoms with Crippen LogP contribution in [0.2, 0.25) is 0 Å². The van der Waals surface area contributed by atoms with Gasteiger partial charge in [0.1, 0.15) is 5.41 Å². The molecule has 0 bridgehead atoms. The number of rotatable bonds is 4. The molecule has 5 nitrogen and oxygen atoms in total. The molecule has 0 N–H and O–H groups in total. The van der Waals surface area contributed by atoms with Gasteiger partial charge in [0.25, 0.3) is 0 Å². The highest BCUT2D eigenvalue weighted by Gasteiger charge is 2.59. The third-order valence-corrected chi connectivity index (χ3v) is 3.92. The van der Waals surface area contributed by atoms with E-state index in [9.17, 15) is 9.59 Å². The summed E-state index contributed by atoms with van der Waals surface area (Å²) in [6.07, 6.45) is 1.41. The number of hydrogen-bond acceptors (Lipinski definition) is 3. The van der Waals surface area contributed by atoms with Gasteiger partial charge in [0.2, 0.25) is 11.8 Å². The summed E-state index contributed by atoms with van der Waals surface area (Å²) in [7, 11) is 0. The number of carbonyl (C=O) groups excluding carboxylic acids is 2. The lowest BCUT2D eigenvalue weighted by Gasteiger charge is -2.32. The van der Waals surface area contributed by atoms with E-state index in [1.54, 1.807) is 9.80 Å². The quantitative estimate of drug-likeness (QED) is 0.686. The molecule has 1 heterocycles. The molecule has 2 rings (SSSR count). The smallest absolute Gasteiger partial charge is 0.238 e. The molecule has 0 radical (unpaired) electrons.